The SMILES string of the molecule is Cc1cccn2c(CNCc3cccc(NC(=O)[C@@H]4CCCO4)c3)cnc12. The van der Waals surface area contributed by atoms with E-state index in [0.29, 0.717) is 13.2 Å². The normalized spacial score (nSPS) is 16.7. The van der Waals surface area contributed by atoms with Gasteiger partial charge in [0.2, 0.25) is 0 Å². The quantitative estimate of drug-likeness (QED) is 0.705. The molecule has 2 aromatic heterocycles. The number of aromatic nitrogens is 2. The fraction of sp³-hybridized carbons (Fsp3) is 0.333. The van der Waals surface area contributed by atoms with Gasteiger partial charge in [0, 0.05) is 31.6 Å². The van der Waals surface area contributed by atoms with Crippen LogP contribution in [0.3, 0.4) is 0 Å². The smallest absolute Gasteiger partial charge is 0.253 e. The second kappa shape index (κ2) is 7.90. The van der Waals surface area contributed by atoms with Crippen molar-refractivity contribution < 1.29 is 9.53 Å². The fourth-order valence-electron chi connectivity index (χ4n) is 3.43. The van der Waals surface area contributed by atoms with Crippen LogP contribution in [-0.2, 0) is 22.6 Å². The van der Waals surface area contributed by atoms with Crippen LogP contribution in [0.15, 0.2) is 48.8 Å². The van der Waals surface area contributed by atoms with Crippen LogP contribution in [-0.4, -0.2) is 28.0 Å². The number of hydrogen-bond donors (Lipinski definition) is 2. The van der Waals surface area contributed by atoms with Crippen molar-refractivity contribution in [2.24, 2.45) is 0 Å². The van der Waals surface area contributed by atoms with Crippen molar-refractivity contribution >= 4 is 17.2 Å². The number of aryl methyl sites for hydroxylation is 1. The maximum atomic E-state index is 12.2. The molecule has 1 fully saturated rings. The molecule has 27 heavy (non-hydrogen) atoms. The minimum atomic E-state index is -0.314. The Morgan fingerprint density at radius 1 is 1.30 bits per heavy atom. The lowest BCUT2D eigenvalue weighted by Crippen LogP contribution is -2.26. The molecular formula is C21H24N4O2. The third-order valence-corrected chi connectivity index (χ3v) is 4.86. The minimum Gasteiger partial charge on any atom is -0.368 e. The van der Waals surface area contributed by atoms with Crippen molar-refractivity contribution in [3.63, 3.8) is 0 Å². The molecule has 140 valence electrons. The van der Waals surface area contributed by atoms with Gasteiger partial charge in [-0.15, -0.1) is 0 Å². The van der Waals surface area contributed by atoms with E-state index < -0.39 is 0 Å². The molecule has 0 spiro atoms. The van der Waals surface area contributed by atoms with Crippen LogP contribution in [0.5, 0.6) is 0 Å². The van der Waals surface area contributed by atoms with Gasteiger partial charge in [-0.1, -0.05) is 18.2 Å². The van der Waals surface area contributed by atoms with Gasteiger partial charge >= 0.3 is 0 Å². The summed E-state index contributed by atoms with van der Waals surface area (Å²) in [6, 6.07) is 12.0. The summed E-state index contributed by atoms with van der Waals surface area (Å²) in [6.07, 6.45) is 5.38. The molecule has 6 nitrogen and oxygen atoms in total. The van der Waals surface area contributed by atoms with Crippen LogP contribution in [0, 0.1) is 6.92 Å². The van der Waals surface area contributed by atoms with Crippen LogP contribution >= 0.6 is 0 Å². The standard InChI is InChI=1S/C21H24N4O2/c1-15-5-3-9-25-18(14-23-20(15)25)13-22-12-16-6-2-7-17(11-16)24-21(26)19-8-4-10-27-19/h2-3,5-7,9,11,14,19,22H,4,8,10,12-13H2,1H3,(H,24,26)/t19-/m0/s1. The molecule has 0 aliphatic carbocycles. The average molecular weight is 364 g/mol. The van der Waals surface area contributed by atoms with E-state index in [-0.39, 0.29) is 12.0 Å². The summed E-state index contributed by atoms with van der Waals surface area (Å²) >= 11 is 0. The summed E-state index contributed by atoms with van der Waals surface area (Å²) in [4.78, 5) is 16.7. The number of hydrogen-bond acceptors (Lipinski definition) is 4. The maximum absolute atomic E-state index is 12.2. The Hall–Kier alpha value is -2.70. The zero-order valence-corrected chi connectivity index (χ0v) is 15.4. The molecule has 1 aliphatic heterocycles. The van der Waals surface area contributed by atoms with Crippen LogP contribution in [0.4, 0.5) is 5.69 Å². The van der Waals surface area contributed by atoms with Crippen LogP contribution in [0.1, 0.15) is 29.7 Å². The maximum Gasteiger partial charge on any atom is 0.253 e. The highest BCUT2D eigenvalue weighted by Gasteiger charge is 2.23. The van der Waals surface area contributed by atoms with E-state index in [1.165, 1.54) is 5.56 Å². The number of pyridine rings is 1. The van der Waals surface area contributed by atoms with E-state index in [2.05, 4.69) is 33.0 Å². The molecule has 2 N–H and O–H groups in total. The predicted octanol–water partition coefficient (Wildman–Crippen LogP) is 3.05. The highest BCUT2D eigenvalue weighted by molar-refractivity contribution is 5.94. The Balaban J connectivity index is 1.35. The lowest BCUT2D eigenvalue weighted by Gasteiger charge is -2.12. The molecule has 0 bridgehead atoms. The molecule has 1 aromatic carbocycles. The molecule has 1 amide bonds. The van der Waals surface area contributed by atoms with Crippen LogP contribution < -0.4 is 10.6 Å². The Labute approximate surface area is 158 Å². The Morgan fingerprint density at radius 3 is 3.07 bits per heavy atom. The summed E-state index contributed by atoms with van der Waals surface area (Å²) < 4.78 is 7.55. The monoisotopic (exact) mass is 364 g/mol. The largest absolute Gasteiger partial charge is 0.368 e. The number of carbonyl (C=O) groups excluding carboxylic acids is 1. The van der Waals surface area contributed by atoms with Crippen molar-refractivity contribution in [1.82, 2.24) is 14.7 Å². The van der Waals surface area contributed by atoms with Gasteiger partial charge in [-0.25, -0.2) is 4.98 Å². The zero-order chi connectivity index (χ0) is 18.6. The number of anilines is 1. The van der Waals surface area contributed by atoms with Crippen LogP contribution in [0.2, 0.25) is 0 Å². The number of rotatable bonds is 6. The fourth-order valence-corrected chi connectivity index (χ4v) is 3.43. The first-order valence-corrected chi connectivity index (χ1v) is 9.34. The molecule has 1 atom stereocenters. The minimum absolute atomic E-state index is 0.0568. The molecule has 3 aromatic rings. The molecule has 0 saturated carbocycles. The number of ether oxygens (including phenoxy) is 1. The molecular weight excluding hydrogens is 340 g/mol. The van der Waals surface area contributed by atoms with Gasteiger partial charge in [-0.2, -0.15) is 0 Å². The van der Waals surface area contributed by atoms with Gasteiger partial charge in [-0.05, 0) is 49.1 Å². The third kappa shape index (κ3) is 4.02. The average Bonchev–Trinajstić information content (AvgIpc) is 3.33. The lowest BCUT2D eigenvalue weighted by atomic mass is 10.2. The summed E-state index contributed by atoms with van der Waals surface area (Å²) in [6.45, 7) is 4.17. The van der Waals surface area contributed by atoms with E-state index in [0.717, 1.165) is 42.0 Å². The van der Waals surface area contributed by atoms with E-state index in [4.69, 9.17) is 4.74 Å². The van der Waals surface area contributed by atoms with Crippen molar-refractivity contribution in [2.75, 3.05) is 11.9 Å². The highest BCUT2D eigenvalue weighted by Crippen LogP contribution is 2.16. The number of carbonyl (C=O) groups is 1. The first kappa shape index (κ1) is 17.7. The summed E-state index contributed by atoms with van der Waals surface area (Å²) in [5.74, 6) is -0.0568. The second-order valence-electron chi connectivity index (χ2n) is 6.93. The second-order valence-corrected chi connectivity index (χ2v) is 6.93. The van der Waals surface area contributed by atoms with Gasteiger partial charge in [0.15, 0.2) is 0 Å². The Bertz CT molecular complexity index is 944. The first-order chi connectivity index (χ1) is 13.2. The number of benzene rings is 1. The van der Waals surface area contributed by atoms with E-state index in [9.17, 15) is 4.79 Å². The van der Waals surface area contributed by atoms with Gasteiger partial charge in [-0.3, -0.25) is 4.79 Å². The number of fused-ring (bicyclic) bond motifs is 1. The van der Waals surface area contributed by atoms with E-state index >= 15 is 0 Å². The summed E-state index contributed by atoms with van der Waals surface area (Å²) in [5, 5.41) is 6.41. The molecule has 1 saturated heterocycles. The molecule has 3 heterocycles. The molecule has 6 heteroatoms. The van der Waals surface area contributed by atoms with Crippen LogP contribution in [0.25, 0.3) is 5.65 Å². The van der Waals surface area contributed by atoms with Crippen molar-refractivity contribution in [3.05, 3.63) is 65.6 Å². The molecule has 1 aliphatic rings. The van der Waals surface area contributed by atoms with Crippen molar-refractivity contribution in [1.29, 1.82) is 0 Å². The Morgan fingerprint density at radius 2 is 2.22 bits per heavy atom. The van der Waals surface area contributed by atoms with E-state index in [1.54, 1.807) is 0 Å². The number of nitrogens with one attached hydrogen (secondary N) is 2. The summed E-state index contributed by atoms with van der Waals surface area (Å²) in [5.41, 5.74) is 5.20. The van der Waals surface area contributed by atoms with Crippen molar-refractivity contribution in [3.8, 4) is 0 Å². The predicted molar refractivity (Wildman–Crippen MR) is 105 cm³/mol. The van der Waals surface area contributed by atoms with Gasteiger partial charge in [0.25, 0.3) is 5.91 Å². The molecule has 0 unspecified atom stereocenters. The summed E-state index contributed by atoms with van der Waals surface area (Å²) in [7, 11) is 0. The first-order valence-electron chi connectivity index (χ1n) is 9.34. The van der Waals surface area contributed by atoms with Gasteiger partial charge < -0.3 is 19.8 Å². The molecule has 0 radical (unpaired) electrons. The van der Waals surface area contributed by atoms with Gasteiger partial charge in [0.05, 0.1) is 11.9 Å². The molecule has 4 rings (SSSR count). The van der Waals surface area contributed by atoms with Crippen molar-refractivity contribution in [2.45, 2.75) is 39.0 Å². The third-order valence-electron chi connectivity index (χ3n) is 4.86. The Kier molecular flexibility index (Phi) is 5.18. The number of imidazole rings is 1. The topological polar surface area (TPSA) is 67.7 Å². The number of nitrogens with zero attached hydrogens (tertiary/aromatic N) is 2. The highest BCUT2D eigenvalue weighted by atomic mass is 16.5. The lowest BCUT2D eigenvalue weighted by molar-refractivity contribution is -0.124. The van der Waals surface area contributed by atoms with Gasteiger partial charge in [0.1, 0.15) is 11.8 Å². The van der Waals surface area contributed by atoms with E-state index in [1.807, 2.05) is 42.7 Å². The zero-order valence-electron chi connectivity index (χ0n) is 15.4. The number of amides is 1.